The lowest BCUT2D eigenvalue weighted by molar-refractivity contribution is 0.419. The van der Waals surface area contributed by atoms with Crippen LogP contribution in [0.1, 0.15) is 59.9 Å². The molecule has 61 heavy (non-hydrogen) atoms. The van der Waals surface area contributed by atoms with Crippen molar-refractivity contribution in [2.75, 3.05) is 4.90 Å². The van der Waals surface area contributed by atoms with Crippen molar-refractivity contribution in [3.05, 3.63) is 246 Å². The molecule has 0 saturated heterocycles. The van der Waals surface area contributed by atoms with Crippen molar-refractivity contribution >= 4 is 27.8 Å². The first-order chi connectivity index (χ1) is 30.2. The highest BCUT2D eigenvalue weighted by atomic mass is 15.1. The van der Waals surface area contributed by atoms with Crippen LogP contribution in [0.3, 0.4) is 0 Å². The molecule has 9 aromatic carbocycles. The fraction of sp³-hybridized carbons (Fsp3) is 0.133. The van der Waals surface area contributed by atoms with Crippen molar-refractivity contribution in [1.82, 2.24) is 0 Å². The third kappa shape index (κ3) is 5.67. The number of benzene rings is 9. The van der Waals surface area contributed by atoms with Crippen LogP contribution in [0.5, 0.6) is 0 Å². The van der Waals surface area contributed by atoms with Gasteiger partial charge in [0.15, 0.2) is 0 Å². The third-order valence-corrected chi connectivity index (χ3v) is 14.6. The Bertz CT molecular complexity index is 2990. The molecular weight excluding hydrogens is 735 g/mol. The highest BCUT2D eigenvalue weighted by Gasteiger charge is 2.47. The third-order valence-electron chi connectivity index (χ3n) is 14.6. The second-order valence-electron chi connectivity index (χ2n) is 17.7. The maximum atomic E-state index is 2.48. The number of hydrogen-bond donors (Lipinski definition) is 0. The lowest BCUT2D eigenvalue weighted by Crippen LogP contribution is -2.28. The van der Waals surface area contributed by atoms with Gasteiger partial charge in [-0.1, -0.05) is 182 Å². The predicted octanol–water partition coefficient (Wildman–Crippen LogP) is 15.8. The fourth-order valence-electron chi connectivity index (χ4n) is 11.8. The van der Waals surface area contributed by atoms with Gasteiger partial charge >= 0.3 is 0 Å². The molecule has 3 aliphatic carbocycles. The number of anilines is 3. The molecule has 12 rings (SSSR count). The van der Waals surface area contributed by atoms with Gasteiger partial charge < -0.3 is 4.90 Å². The average Bonchev–Trinajstić information content (AvgIpc) is 4.05. The zero-order valence-electron chi connectivity index (χ0n) is 34.3. The van der Waals surface area contributed by atoms with Crippen molar-refractivity contribution < 1.29 is 0 Å². The van der Waals surface area contributed by atoms with Crippen LogP contribution in [0.2, 0.25) is 0 Å². The summed E-state index contributed by atoms with van der Waals surface area (Å²) in [5.74, 6) is 0.911. The number of hydrogen-bond acceptors (Lipinski definition) is 1. The maximum absolute atomic E-state index is 2.48. The molecule has 1 heteroatoms. The van der Waals surface area contributed by atoms with Crippen LogP contribution >= 0.6 is 0 Å². The maximum Gasteiger partial charge on any atom is 0.0713 e. The van der Waals surface area contributed by atoms with Gasteiger partial charge in [0.05, 0.1) is 5.41 Å². The monoisotopic (exact) mass is 781 g/mol. The smallest absolute Gasteiger partial charge is 0.0713 e. The lowest BCUT2D eigenvalue weighted by atomic mass is 9.68. The van der Waals surface area contributed by atoms with Crippen LogP contribution in [0.15, 0.2) is 218 Å². The fourth-order valence-corrected chi connectivity index (χ4v) is 11.8. The van der Waals surface area contributed by atoms with Crippen molar-refractivity contribution in [2.45, 2.75) is 42.9 Å². The molecular formula is C60H47N. The molecule has 0 aromatic heterocycles. The zero-order valence-corrected chi connectivity index (χ0v) is 34.3. The van der Waals surface area contributed by atoms with Gasteiger partial charge in [0, 0.05) is 17.1 Å². The molecule has 0 spiro atoms. The Morgan fingerprint density at radius 3 is 1.49 bits per heavy atom. The van der Waals surface area contributed by atoms with Crippen LogP contribution in [-0.2, 0) is 10.8 Å². The summed E-state index contributed by atoms with van der Waals surface area (Å²) in [5, 5.41) is 2.54. The highest BCUT2D eigenvalue weighted by Crippen LogP contribution is 2.58. The Kier molecular flexibility index (Phi) is 8.46. The van der Waals surface area contributed by atoms with Gasteiger partial charge in [-0.2, -0.15) is 0 Å². The zero-order chi connectivity index (χ0) is 40.4. The number of nitrogens with zero attached hydrogens (tertiary/aromatic N) is 1. The highest BCUT2D eigenvalue weighted by molar-refractivity contribution is 6.06. The molecule has 0 atom stereocenters. The largest absolute Gasteiger partial charge is 0.310 e. The van der Waals surface area contributed by atoms with Gasteiger partial charge in [0.1, 0.15) is 0 Å². The molecule has 0 aliphatic heterocycles. The summed E-state index contributed by atoms with van der Waals surface area (Å²) in [5.41, 5.74) is 17.7. The summed E-state index contributed by atoms with van der Waals surface area (Å²) in [6, 6.07) is 81.6. The Morgan fingerprint density at radius 2 is 0.885 bits per heavy atom. The summed E-state index contributed by atoms with van der Waals surface area (Å²) in [6.45, 7) is 0. The van der Waals surface area contributed by atoms with E-state index in [2.05, 4.69) is 223 Å². The van der Waals surface area contributed by atoms with Crippen LogP contribution in [-0.4, -0.2) is 0 Å². The summed E-state index contributed by atoms with van der Waals surface area (Å²) in [4.78, 5) is 2.48. The first-order valence-corrected chi connectivity index (χ1v) is 22.1. The normalized spacial score (nSPS) is 18.2. The van der Waals surface area contributed by atoms with Crippen LogP contribution in [0.4, 0.5) is 17.1 Å². The predicted molar refractivity (Wildman–Crippen MR) is 255 cm³/mol. The van der Waals surface area contributed by atoms with Crippen molar-refractivity contribution in [3.8, 4) is 33.4 Å². The standard InChI is InChI=1S/C60H47N/c1-4-14-43(15-5-1)52-23-12-16-45-17-13-24-53(58(45)52)44-26-30-49(31-27-44)61(50-32-28-46(29-33-50)59-38-36-42(41-59)37-39-59)51-34-35-57-55(40-51)54-22-10-11-25-56(54)60(57,47-18-6-2-7-19-47)48-20-8-3-9-21-48/h1-35,40,42H,36-39,41H2. The van der Waals surface area contributed by atoms with Crippen LogP contribution in [0, 0.1) is 5.92 Å². The molecule has 2 bridgehead atoms. The molecule has 2 fully saturated rings. The summed E-state index contributed by atoms with van der Waals surface area (Å²) in [6.07, 6.45) is 6.78. The molecule has 9 aromatic rings. The van der Waals surface area contributed by atoms with Crippen LogP contribution < -0.4 is 4.90 Å². The Hall–Kier alpha value is -6.96. The minimum atomic E-state index is -0.433. The van der Waals surface area contributed by atoms with E-state index in [0.29, 0.717) is 5.41 Å². The minimum Gasteiger partial charge on any atom is -0.310 e. The molecule has 0 N–H and O–H groups in total. The van der Waals surface area contributed by atoms with Crippen molar-refractivity contribution in [1.29, 1.82) is 0 Å². The topological polar surface area (TPSA) is 3.24 Å². The second kappa shape index (κ2) is 14.4. The minimum absolute atomic E-state index is 0.363. The van der Waals surface area contributed by atoms with E-state index in [1.165, 1.54) is 110 Å². The van der Waals surface area contributed by atoms with E-state index in [1.54, 1.807) is 0 Å². The van der Waals surface area contributed by atoms with E-state index < -0.39 is 5.41 Å². The number of fused-ring (bicyclic) bond motifs is 6. The van der Waals surface area contributed by atoms with Crippen molar-refractivity contribution in [3.63, 3.8) is 0 Å². The lowest BCUT2D eigenvalue weighted by Gasteiger charge is -2.34. The summed E-state index contributed by atoms with van der Waals surface area (Å²) >= 11 is 0. The van der Waals surface area contributed by atoms with Gasteiger partial charge in [-0.05, 0) is 152 Å². The Labute approximate surface area is 359 Å². The molecule has 0 heterocycles. The quantitative estimate of drug-likeness (QED) is 0.148. The Morgan fingerprint density at radius 1 is 0.377 bits per heavy atom. The molecule has 3 aliphatic rings. The molecule has 0 amide bonds. The molecule has 1 nitrogen and oxygen atoms in total. The van der Waals surface area contributed by atoms with Crippen molar-refractivity contribution in [2.24, 2.45) is 5.92 Å². The SMILES string of the molecule is c1ccc(-c2cccc3cccc(-c4ccc(N(c5ccc(C67CCC(CC6)C7)cc5)c5ccc6c(c5)-c5ccccc5C6(c5ccccc5)c5ccccc5)cc4)c23)cc1. The van der Waals surface area contributed by atoms with E-state index >= 15 is 0 Å². The van der Waals surface area contributed by atoms with E-state index in [4.69, 9.17) is 0 Å². The van der Waals surface area contributed by atoms with Gasteiger partial charge in [0.2, 0.25) is 0 Å². The Balaban J connectivity index is 1.02. The summed E-state index contributed by atoms with van der Waals surface area (Å²) in [7, 11) is 0. The average molecular weight is 782 g/mol. The van der Waals surface area contributed by atoms with Gasteiger partial charge in [-0.25, -0.2) is 0 Å². The number of rotatable bonds is 8. The molecule has 0 unspecified atom stereocenters. The van der Waals surface area contributed by atoms with Gasteiger partial charge in [-0.15, -0.1) is 0 Å². The molecule has 0 radical (unpaired) electrons. The first-order valence-electron chi connectivity index (χ1n) is 22.1. The second-order valence-corrected chi connectivity index (χ2v) is 17.7. The van der Waals surface area contributed by atoms with Gasteiger partial charge in [0.25, 0.3) is 0 Å². The summed E-state index contributed by atoms with van der Waals surface area (Å²) < 4.78 is 0. The van der Waals surface area contributed by atoms with E-state index in [-0.39, 0.29) is 0 Å². The van der Waals surface area contributed by atoms with E-state index in [0.717, 1.165) is 17.3 Å². The van der Waals surface area contributed by atoms with Gasteiger partial charge in [-0.3, -0.25) is 0 Å². The molecule has 2 saturated carbocycles. The molecule has 292 valence electrons. The van der Waals surface area contributed by atoms with E-state index in [9.17, 15) is 0 Å². The first kappa shape index (κ1) is 35.9. The van der Waals surface area contributed by atoms with E-state index in [1.807, 2.05) is 0 Å². The van der Waals surface area contributed by atoms with Crippen LogP contribution in [0.25, 0.3) is 44.2 Å².